The summed E-state index contributed by atoms with van der Waals surface area (Å²) in [6.45, 7) is 5.39. The number of aryl methyl sites for hydroxylation is 1. The summed E-state index contributed by atoms with van der Waals surface area (Å²) >= 11 is 1.56. The molecule has 0 aliphatic carbocycles. The second kappa shape index (κ2) is 9.01. The Kier molecular flexibility index (Phi) is 6.08. The van der Waals surface area contributed by atoms with Gasteiger partial charge in [-0.3, -0.25) is 9.69 Å². The molecule has 33 heavy (non-hydrogen) atoms. The van der Waals surface area contributed by atoms with Gasteiger partial charge in [-0.1, -0.05) is 11.2 Å². The van der Waals surface area contributed by atoms with Gasteiger partial charge in [-0.05, 0) is 31.2 Å². The minimum absolute atomic E-state index is 0.0659. The Balaban J connectivity index is 1.20. The van der Waals surface area contributed by atoms with Crippen molar-refractivity contribution in [3.63, 3.8) is 0 Å². The topological polar surface area (TPSA) is 113 Å². The van der Waals surface area contributed by atoms with E-state index in [1.807, 2.05) is 17.5 Å². The maximum atomic E-state index is 13.0. The molecule has 10 nitrogen and oxygen atoms in total. The van der Waals surface area contributed by atoms with E-state index >= 15 is 0 Å². The second-order valence-electron chi connectivity index (χ2n) is 8.20. The lowest BCUT2D eigenvalue weighted by atomic mass is 10.3. The third kappa shape index (κ3) is 4.47. The average Bonchev–Trinajstić information content (AvgIpc) is 3.61. The van der Waals surface area contributed by atoms with Gasteiger partial charge < -0.3 is 13.8 Å². The zero-order valence-electron chi connectivity index (χ0n) is 18.3. The van der Waals surface area contributed by atoms with Crippen molar-refractivity contribution in [2.45, 2.75) is 31.2 Å². The molecule has 12 heteroatoms. The van der Waals surface area contributed by atoms with E-state index in [1.165, 1.54) is 10.4 Å². The molecular weight excluding hydrogens is 466 g/mol. The molecule has 0 aromatic carbocycles. The SMILES string of the molecule is Cc1oc(C(=O)N2CCN(Cc3nc(-c4cccs4)no3)CC2)cc1S(=O)(=O)N1CCCC1. The Labute approximate surface area is 195 Å². The molecule has 2 aliphatic heterocycles. The molecule has 5 rings (SSSR count). The molecule has 0 unspecified atom stereocenters. The molecule has 1 amide bonds. The van der Waals surface area contributed by atoms with Crippen LogP contribution in [0.1, 0.15) is 35.0 Å². The number of nitrogens with zero attached hydrogens (tertiary/aromatic N) is 5. The van der Waals surface area contributed by atoms with Crippen LogP contribution in [0.4, 0.5) is 0 Å². The molecule has 5 heterocycles. The van der Waals surface area contributed by atoms with E-state index in [1.54, 1.807) is 23.2 Å². The molecule has 2 aliphatic rings. The Hall–Kier alpha value is -2.54. The Morgan fingerprint density at radius 2 is 1.91 bits per heavy atom. The monoisotopic (exact) mass is 491 g/mol. The molecule has 0 atom stereocenters. The van der Waals surface area contributed by atoms with Crippen molar-refractivity contribution >= 4 is 27.3 Å². The molecule has 2 fully saturated rings. The number of aromatic nitrogens is 2. The number of rotatable bonds is 6. The Bertz CT molecular complexity index is 1220. The maximum Gasteiger partial charge on any atom is 0.289 e. The first-order chi connectivity index (χ1) is 15.9. The van der Waals surface area contributed by atoms with Crippen LogP contribution >= 0.6 is 11.3 Å². The second-order valence-corrected chi connectivity index (χ2v) is 11.1. The average molecular weight is 492 g/mol. The van der Waals surface area contributed by atoms with Gasteiger partial charge in [0.2, 0.25) is 21.7 Å². The summed E-state index contributed by atoms with van der Waals surface area (Å²) in [4.78, 5) is 22.3. The quantitative estimate of drug-likeness (QED) is 0.517. The van der Waals surface area contributed by atoms with Crippen molar-refractivity contribution in [3.05, 3.63) is 41.0 Å². The Morgan fingerprint density at radius 1 is 1.15 bits per heavy atom. The summed E-state index contributed by atoms with van der Waals surface area (Å²) in [6, 6.07) is 5.27. The van der Waals surface area contributed by atoms with Crippen LogP contribution in [0.2, 0.25) is 0 Å². The van der Waals surface area contributed by atoms with Crippen molar-refractivity contribution < 1.29 is 22.2 Å². The number of hydrogen-bond acceptors (Lipinski definition) is 9. The highest BCUT2D eigenvalue weighted by molar-refractivity contribution is 7.89. The number of carbonyl (C=O) groups is 1. The van der Waals surface area contributed by atoms with E-state index in [9.17, 15) is 13.2 Å². The number of furan rings is 1. The Morgan fingerprint density at radius 3 is 2.61 bits per heavy atom. The molecule has 176 valence electrons. The van der Waals surface area contributed by atoms with E-state index in [4.69, 9.17) is 8.94 Å². The van der Waals surface area contributed by atoms with Crippen LogP contribution in [0.5, 0.6) is 0 Å². The number of hydrogen-bond donors (Lipinski definition) is 0. The molecule has 2 saturated heterocycles. The first-order valence-corrected chi connectivity index (χ1v) is 13.2. The minimum Gasteiger partial charge on any atom is -0.455 e. The predicted octanol–water partition coefficient (Wildman–Crippen LogP) is 2.44. The smallest absolute Gasteiger partial charge is 0.289 e. The highest BCUT2D eigenvalue weighted by atomic mass is 32.2. The molecule has 0 bridgehead atoms. The van der Waals surface area contributed by atoms with Gasteiger partial charge in [0.1, 0.15) is 10.7 Å². The summed E-state index contributed by atoms with van der Waals surface area (Å²) in [5.74, 6) is 1.15. The molecular formula is C21H25N5O5S2. The molecule has 0 saturated carbocycles. The van der Waals surface area contributed by atoms with E-state index in [-0.39, 0.29) is 22.3 Å². The maximum absolute atomic E-state index is 13.0. The van der Waals surface area contributed by atoms with Gasteiger partial charge >= 0.3 is 0 Å². The van der Waals surface area contributed by atoms with Gasteiger partial charge in [0, 0.05) is 45.3 Å². The van der Waals surface area contributed by atoms with E-state index < -0.39 is 10.0 Å². The standard InChI is InChI=1S/C21H25N5O5S2/c1-15-18(33(28,29)26-6-2-3-7-26)13-16(30-15)21(27)25-10-8-24(9-11-25)14-19-22-20(23-31-19)17-5-4-12-32-17/h4-5,12-13H,2-3,6-11,14H2,1H3. The van der Waals surface area contributed by atoms with Crippen LogP contribution in [0.3, 0.4) is 0 Å². The first kappa shape index (κ1) is 22.3. The van der Waals surface area contributed by atoms with Crippen molar-refractivity contribution in [2.75, 3.05) is 39.3 Å². The lowest BCUT2D eigenvalue weighted by Gasteiger charge is -2.33. The molecule has 0 spiro atoms. The lowest BCUT2D eigenvalue weighted by Crippen LogP contribution is -2.48. The number of amides is 1. The zero-order chi connectivity index (χ0) is 23.0. The van der Waals surface area contributed by atoms with Gasteiger partial charge in [-0.15, -0.1) is 11.3 Å². The minimum atomic E-state index is -3.63. The number of carbonyl (C=O) groups excluding carboxylic acids is 1. The van der Waals surface area contributed by atoms with Crippen LogP contribution in [0.15, 0.2) is 37.4 Å². The molecule has 3 aromatic heterocycles. The fourth-order valence-corrected chi connectivity index (χ4v) is 6.50. The molecule has 3 aromatic rings. The summed E-state index contributed by atoms with van der Waals surface area (Å²) in [5, 5.41) is 6.00. The fourth-order valence-electron chi connectivity index (χ4n) is 4.18. The van der Waals surface area contributed by atoms with Gasteiger partial charge in [0.05, 0.1) is 11.4 Å². The van der Waals surface area contributed by atoms with E-state index in [2.05, 4.69) is 15.0 Å². The summed E-state index contributed by atoms with van der Waals surface area (Å²) in [7, 11) is -3.63. The van der Waals surface area contributed by atoms with Crippen molar-refractivity contribution in [3.8, 4) is 10.7 Å². The highest BCUT2D eigenvalue weighted by Crippen LogP contribution is 2.27. The summed E-state index contributed by atoms with van der Waals surface area (Å²) < 4.78 is 38.2. The van der Waals surface area contributed by atoms with E-state index in [0.717, 1.165) is 17.7 Å². The predicted molar refractivity (Wildman–Crippen MR) is 120 cm³/mol. The fraction of sp³-hybridized carbons (Fsp3) is 0.476. The van der Waals surface area contributed by atoms with Crippen molar-refractivity contribution in [1.29, 1.82) is 0 Å². The van der Waals surface area contributed by atoms with Gasteiger partial charge in [0.25, 0.3) is 5.91 Å². The van der Waals surface area contributed by atoms with E-state index in [0.29, 0.717) is 57.5 Å². The molecule has 0 N–H and O–H groups in total. The van der Waals surface area contributed by atoms with Gasteiger partial charge in [-0.25, -0.2) is 8.42 Å². The van der Waals surface area contributed by atoms with Crippen molar-refractivity contribution in [2.24, 2.45) is 0 Å². The van der Waals surface area contributed by atoms with Gasteiger partial charge in [-0.2, -0.15) is 9.29 Å². The van der Waals surface area contributed by atoms with Crippen LogP contribution in [-0.4, -0.2) is 77.8 Å². The third-order valence-electron chi connectivity index (χ3n) is 5.99. The largest absolute Gasteiger partial charge is 0.455 e. The van der Waals surface area contributed by atoms with Gasteiger partial charge in [0.15, 0.2) is 5.76 Å². The summed E-state index contributed by atoms with van der Waals surface area (Å²) in [5.41, 5.74) is 0. The lowest BCUT2D eigenvalue weighted by molar-refractivity contribution is 0.0583. The van der Waals surface area contributed by atoms with Crippen molar-refractivity contribution in [1.82, 2.24) is 24.2 Å². The normalized spacial score (nSPS) is 18.3. The van der Waals surface area contributed by atoms with Crippen LogP contribution in [0, 0.1) is 6.92 Å². The number of sulfonamides is 1. The van der Waals surface area contributed by atoms with Crippen LogP contribution in [0.25, 0.3) is 10.7 Å². The highest BCUT2D eigenvalue weighted by Gasteiger charge is 2.33. The number of thiophene rings is 1. The zero-order valence-corrected chi connectivity index (χ0v) is 19.9. The summed E-state index contributed by atoms with van der Waals surface area (Å²) in [6.07, 6.45) is 1.70. The van der Waals surface area contributed by atoms with Crippen LogP contribution in [-0.2, 0) is 16.6 Å². The number of piperazine rings is 1. The first-order valence-electron chi connectivity index (χ1n) is 10.9. The molecule has 0 radical (unpaired) electrons. The third-order valence-corrected chi connectivity index (χ3v) is 8.87. The van der Waals surface area contributed by atoms with Crippen LogP contribution < -0.4 is 0 Å².